The Bertz CT molecular complexity index is 6910. The average molecular weight is 1740 g/mol. The number of hydrogen-bond donors (Lipinski definition) is 10. The maximum absolute atomic E-state index is 14.7. The highest BCUT2D eigenvalue weighted by atomic mass is 35.5. The summed E-state index contributed by atoms with van der Waals surface area (Å²) in [4.78, 5) is 2.21. The number of H-pyrrole nitrogens is 5. The van der Waals surface area contributed by atoms with Gasteiger partial charge < -0.3 is 53.3 Å². The van der Waals surface area contributed by atoms with Crippen molar-refractivity contribution in [1.82, 2.24) is 78.7 Å². The van der Waals surface area contributed by atoms with Crippen molar-refractivity contribution in [2.45, 2.75) is 163 Å². The van der Waals surface area contributed by atoms with E-state index in [2.05, 4.69) is 137 Å². The summed E-state index contributed by atoms with van der Waals surface area (Å²) < 4.78 is 109. The number of halogens is 9. The van der Waals surface area contributed by atoms with Crippen LogP contribution in [-0.4, -0.2) is 152 Å². The molecule has 22 nitrogen and oxygen atoms in total. The van der Waals surface area contributed by atoms with Crippen LogP contribution in [0, 0.1) is 93.8 Å². The Labute approximate surface area is 726 Å². The minimum Gasteiger partial charge on any atom is -0.378 e. The second-order valence-electron chi connectivity index (χ2n) is 32.4. The molecular formula is C94H90Cl2F7N17O5. The van der Waals surface area contributed by atoms with Crippen molar-refractivity contribution in [3.8, 4) is 121 Å². The third-order valence-corrected chi connectivity index (χ3v) is 20.4. The lowest BCUT2D eigenvalue weighted by molar-refractivity contribution is -0.136. The van der Waals surface area contributed by atoms with Gasteiger partial charge in [-0.2, -0.15) is 43.9 Å². The smallest absolute Gasteiger partial charge is 0.378 e. The molecule has 16 rings (SSSR count). The number of rotatable bonds is 10. The Morgan fingerprint density at radius 1 is 0.416 bits per heavy atom. The van der Waals surface area contributed by atoms with Gasteiger partial charge in [-0.15, -0.1) is 0 Å². The first kappa shape index (κ1) is 91.2. The molecule has 10 N–H and O–H groups in total. The zero-order valence-corrected chi connectivity index (χ0v) is 72.5. The second-order valence-corrected chi connectivity index (χ2v) is 33.2. The number of benzene rings is 5. The summed E-state index contributed by atoms with van der Waals surface area (Å²) >= 11 is 12.4. The molecule has 0 bridgehead atoms. The molecule has 1 aliphatic heterocycles. The van der Waals surface area contributed by atoms with E-state index < -0.39 is 57.2 Å². The number of nitriles is 1. The quantitative estimate of drug-likeness (QED) is 0.0452. The van der Waals surface area contributed by atoms with Crippen LogP contribution in [0.5, 0.6) is 0 Å². The Kier molecular flexibility index (Phi) is 26.6. The van der Waals surface area contributed by atoms with Crippen LogP contribution in [0.1, 0.15) is 142 Å². The Balaban J connectivity index is 0.000000142. The van der Waals surface area contributed by atoms with E-state index in [1.165, 1.54) is 52.1 Å². The predicted molar refractivity (Wildman–Crippen MR) is 472 cm³/mol. The monoisotopic (exact) mass is 1740 g/mol. The molecule has 15 aromatic rings. The van der Waals surface area contributed by atoms with Gasteiger partial charge in [0.2, 0.25) is 0 Å². The summed E-state index contributed by atoms with van der Waals surface area (Å²) in [6, 6.07) is 16.9. The Morgan fingerprint density at radius 3 is 1.22 bits per heavy atom. The highest BCUT2D eigenvalue weighted by Gasteiger charge is 2.36. The minimum atomic E-state index is -4.52. The van der Waals surface area contributed by atoms with Crippen LogP contribution in [0.3, 0.4) is 0 Å². The van der Waals surface area contributed by atoms with Gasteiger partial charge in [0.1, 0.15) is 56.0 Å². The van der Waals surface area contributed by atoms with Gasteiger partial charge in [0, 0.05) is 188 Å². The first-order valence-corrected chi connectivity index (χ1v) is 40.4. The van der Waals surface area contributed by atoms with E-state index in [9.17, 15) is 61.5 Å². The molecule has 0 aliphatic carbocycles. The molecule has 125 heavy (non-hydrogen) atoms. The molecule has 10 aromatic heterocycles. The molecule has 0 amide bonds. The summed E-state index contributed by atoms with van der Waals surface area (Å²) in [5.41, 5.74) is 5.86. The largest absolute Gasteiger partial charge is 0.418 e. The summed E-state index contributed by atoms with van der Waals surface area (Å²) in [7, 11) is 2.06. The SMILES string of the molecule is CCn1cc(-c2cn[nH]c2)c2cc(C#CC(C)(C)O)cc(C#N)c21.CCn1cc(-c2cn[nH]c2)c2cc(C#CC(C)(C)O)cc(C(F)(F)F)c21.CCn1cc(-c2cn[nH]c2)c2cc(C#CC(C)(C)O)cc(F)c21.CCn1cc(-c2cn[nH]c2Cl)c2cc(C#CC(C)(C)O)c(F)c(F)c21.CN1CC(n2cc(-c3cn[nH]c3Cl)c3cc(C#CC(C)(C)O)c(F)cc32)C1. The van der Waals surface area contributed by atoms with Gasteiger partial charge in [0.05, 0.1) is 86.9 Å². The van der Waals surface area contributed by atoms with Gasteiger partial charge in [-0.1, -0.05) is 82.4 Å². The molecule has 1 aliphatic rings. The zero-order chi connectivity index (χ0) is 90.7. The van der Waals surface area contributed by atoms with E-state index >= 15 is 0 Å². The van der Waals surface area contributed by atoms with Crippen molar-refractivity contribution in [3.63, 3.8) is 0 Å². The van der Waals surface area contributed by atoms with E-state index in [0.717, 1.165) is 86.3 Å². The van der Waals surface area contributed by atoms with Crippen LogP contribution < -0.4 is 0 Å². The molecule has 11 heterocycles. The lowest BCUT2D eigenvalue weighted by atomic mass is 10.0. The van der Waals surface area contributed by atoms with Gasteiger partial charge >= 0.3 is 6.18 Å². The van der Waals surface area contributed by atoms with E-state index in [0.29, 0.717) is 85.2 Å². The van der Waals surface area contributed by atoms with Gasteiger partial charge in [0.15, 0.2) is 11.6 Å². The molecular weight excluding hydrogens is 1650 g/mol. The number of aliphatic hydroxyl groups is 5. The normalized spacial score (nSPS) is 12.5. The van der Waals surface area contributed by atoms with Crippen LogP contribution in [-0.2, 0) is 32.4 Å². The number of fused-ring (bicyclic) bond motifs is 5. The first-order valence-electron chi connectivity index (χ1n) is 39.7. The lowest BCUT2D eigenvalue weighted by Gasteiger charge is -2.37. The number of aromatic nitrogens is 15. The van der Waals surface area contributed by atoms with Crippen LogP contribution >= 0.6 is 23.2 Å². The summed E-state index contributed by atoms with van der Waals surface area (Å²) in [6.45, 7) is 27.2. The number of likely N-dealkylation sites (N-methyl/N-ethyl adjacent to an activating group) is 1. The molecule has 31 heteroatoms. The maximum atomic E-state index is 14.7. The summed E-state index contributed by atoms with van der Waals surface area (Å²) in [6.07, 6.45) is 18.3. The standard InChI is InChI=1S/C20H20ClFN4O.C19H18F3N3O.C19H18N4O.C18H16ClF2N3O.C18H18FN3O/c1-20(2,27)5-4-12-6-14-16(15-8-23-24-19(15)21)11-26(13-9-25(3)10-13)18(14)7-17(12)22;1-4-25-11-15(13-9-23-24-10-13)14-7-12(5-6-18(2,3)26)8-16(17(14)25)19(20,21)22;1-4-23-12-17(15-10-21-22-11-15)16-8-13(5-6-19(2,3)24)7-14(9-20)18(16)23;1-4-24-9-13(12-8-22-23-17(12)19)11-7-10(5-6-18(2,3)25)14(20)15(21)16(11)24;1-4-22-11-15(13-9-20-21-10-13)14-7-12(5-6-18(2,3)23)8-16(19)17(14)22/h6-8,11,13,27H,9-10H2,1-3H3,(H,23,24);7-11,26H,4H2,1-3H3,(H,23,24);7-8,10-12,24H,4H2,1-3H3,(H,21,22);7-9,25H,4H2,1-3H3,(H,22,23);7-11,23H,4H2,1-3H3,(H,20,21). The maximum Gasteiger partial charge on any atom is 0.418 e. The van der Waals surface area contributed by atoms with Crippen molar-refractivity contribution < 1.29 is 56.3 Å². The Morgan fingerprint density at radius 2 is 0.800 bits per heavy atom. The molecule has 1 saturated heterocycles. The van der Waals surface area contributed by atoms with Crippen molar-refractivity contribution >= 4 is 77.7 Å². The molecule has 0 radical (unpaired) electrons. The van der Waals surface area contributed by atoms with Crippen LogP contribution in [0.15, 0.2) is 135 Å². The third-order valence-electron chi connectivity index (χ3n) is 19.8. The van der Waals surface area contributed by atoms with Crippen LogP contribution in [0.2, 0.25) is 10.3 Å². The van der Waals surface area contributed by atoms with Crippen molar-refractivity contribution in [2.75, 3.05) is 20.1 Å². The molecule has 0 unspecified atom stereocenters. The number of nitrogens with one attached hydrogen (secondary N) is 5. The number of nitrogens with zero attached hydrogens (tertiary/aromatic N) is 12. The minimum absolute atomic E-state index is 0.116. The van der Waals surface area contributed by atoms with Gasteiger partial charge in [0.25, 0.3) is 0 Å². The lowest BCUT2D eigenvalue weighted by Crippen LogP contribution is -2.44. The predicted octanol–water partition coefficient (Wildman–Crippen LogP) is 18.1. The van der Waals surface area contributed by atoms with Gasteiger partial charge in [-0.05, 0) is 159 Å². The molecule has 0 spiro atoms. The summed E-state index contributed by atoms with van der Waals surface area (Å²) in [5.74, 6) is 24.3. The van der Waals surface area contributed by atoms with E-state index in [-0.39, 0.29) is 39.6 Å². The number of likely N-dealkylation sites (tertiary alicyclic amines) is 1. The fourth-order valence-electron chi connectivity index (χ4n) is 14.1. The number of aryl methyl sites for hydroxylation is 4. The van der Waals surface area contributed by atoms with Crippen molar-refractivity contribution in [3.05, 3.63) is 208 Å². The topological polar surface area (TPSA) is 296 Å². The average Bonchev–Trinajstić information content (AvgIpc) is 1.62. The van der Waals surface area contributed by atoms with Crippen LogP contribution in [0.4, 0.5) is 30.7 Å². The van der Waals surface area contributed by atoms with Gasteiger partial charge in [-0.25, -0.2) is 17.6 Å². The zero-order valence-electron chi connectivity index (χ0n) is 71.0. The fourth-order valence-corrected chi connectivity index (χ4v) is 14.5. The number of hydrogen-bond acceptors (Lipinski definition) is 12. The Hall–Kier alpha value is -13.0. The van der Waals surface area contributed by atoms with Gasteiger partial charge in [-0.3, -0.25) is 25.5 Å². The number of alkyl halides is 3. The second kappa shape index (κ2) is 36.4. The van der Waals surface area contributed by atoms with E-state index in [4.69, 9.17) is 23.2 Å². The fraction of sp³-hybridized carbons (Fsp3) is 0.298. The number of aromatic amines is 5. The summed E-state index contributed by atoms with van der Waals surface area (Å²) in [5, 5.41) is 96.1. The molecule has 0 atom stereocenters. The highest BCUT2D eigenvalue weighted by Crippen LogP contribution is 2.44. The first-order chi connectivity index (χ1) is 58.9. The van der Waals surface area contributed by atoms with E-state index in [1.54, 1.807) is 125 Å². The van der Waals surface area contributed by atoms with Crippen LogP contribution in [0.25, 0.3) is 110 Å². The third kappa shape index (κ3) is 21.1. The van der Waals surface area contributed by atoms with Crippen molar-refractivity contribution in [1.29, 1.82) is 5.26 Å². The molecule has 644 valence electrons. The molecule has 1 fully saturated rings. The van der Waals surface area contributed by atoms with Crippen molar-refractivity contribution in [2.24, 2.45) is 0 Å². The highest BCUT2D eigenvalue weighted by molar-refractivity contribution is 6.33. The van der Waals surface area contributed by atoms with E-state index in [1.807, 2.05) is 62.3 Å². The molecule has 0 saturated carbocycles. The molecule has 5 aromatic carbocycles.